The van der Waals surface area contributed by atoms with Gasteiger partial charge < -0.3 is 9.47 Å². The molecule has 0 bridgehead atoms. The summed E-state index contributed by atoms with van der Waals surface area (Å²) in [6, 6.07) is 15.9. The van der Waals surface area contributed by atoms with Gasteiger partial charge in [-0.05, 0) is 60.0 Å². The van der Waals surface area contributed by atoms with Crippen LogP contribution in [0, 0.1) is 0 Å². The minimum Gasteiger partial charge on any atom is -0.454 e. The summed E-state index contributed by atoms with van der Waals surface area (Å²) in [6.45, 7) is 2.32. The Hall–Kier alpha value is -4.24. The summed E-state index contributed by atoms with van der Waals surface area (Å²) in [7, 11) is 0. The van der Waals surface area contributed by atoms with E-state index in [9.17, 15) is 14.4 Å². The number of fused-ring (bicyclic) bond motifs is 3. The number of carbonyl (C=O) groups is 3. The first-order valence-electron chi connectivity index (χ1n) is 11.1. The van der Waals surface area contributed by atoms with Gasteiger partial charge in [0.1, 0.15) is 0 Å². The highest BCUT2D eigenvalue weighted by molar-refractivity contribution is 7.22. The maximum atomic E-state index is 13.1. The Bertz CT molecular complexity index is 1540. The van der Waals surface area contributed by atoms with E-state index in [0.29, 0.717) is 16.6 Å². The van der Waals surface area contributed by atoms with Crippen molar-refractivity contribution in [2.75, 3.05) is 12.1 Å². The number of aryl methyl sites for hydroxylation is 1. The van der Waals surface area contributed by atoms with Gasteiger partial charge in [-0.1, -0.05) is 30.4 Å². The maximum Gasteiger partial charge on any atom is 0.261 e. The molecule has 8 nitrogen and oxygen atoms in total. The number of benzene rings is 3. The van der Waals surface area contributed by atoms with Crippen molar-refractivity contribution in [1.29, 1.82) is 0 Å². The lowest BCUT2D eigenvalue weighted by molar-refractivity contribution is 0.0642. The molecule has 0 atom stereocenters. The molecule has 0 saturated heterocycles. The fraction of sp³-hybridized carbons (Fsp3) is 0.154. The van der Waals surface area contributed by atoms with Crippen LogP contribution in [0.25, 0.3) is 10.2 Å². The van der Waals surface area contributed by atoms with E-state index >= 15 is 0 Å². The number of hydrogen-bond acceptors (Lipinski definition) is 7. The lowest BCUT2D eigenvalue weighted by Crippen LogP contribution is -2.29. The van der Waals surface area contributed by atoms with E-state index in [0.717, 1.165) is 22.2 Å². The summed E-state index contributed by atoms with van der Waals surface area (Å²) in [5.41, 5.74) is 3.52. The molecular formula is C26H19N3O5S. The van der Waals surface area contributed by atoms with Crippen molar-refractivity contribution >= 4 is 44.4 Å². The van der Waals surface area contributed by atoms with Crippen LogP contribution in [0.15, 0.2) is 54.6 Å². The highest BCUT2D eigenvalue weighted by atomic mass is 32.1. The molecule has 0 fully saturated rings. The van der Waals surface area contributed by atoms with Crippen LogP contribution in [0.2, 0.25) is 0 Å². The second-order valence-electron chi connectivity index (χ2n) is 8.27. The third-order valence-electron chi connectivity index (χ3n) is 6.09. The van der Waals surface area contributed by atoms with Gasteiger partial charge >= 0.3 is 0 Å². The van der Waals surface area contributed by atoms with Crippen molar-refractivity contribution in [3.05, 3.63) is 82.4 Å². The average molecular weight is 486 g/mol. The molecule has 1 aromatic heterocycles. The zero-order valence-electron chi connectivity index (χ0n) is 18.7. The molecule has 2 aliphatic rings. The van der Waals surface area contributed by atoms with Crippen LogP contribution in [0.5, 0.6) is 11.5 Å². The molecule has 4 aromatic rings. The Morgan fingerprint density at radius 1 is 0.971 bits per heavy atom. The number of thiazole rings is 1. The van der Waals surface area contributed by atoms with Crippen LogP contribution in [-0.4, -0.2) is 34.4 Å². The Morgan fingerprint density at radius 3 is 2.63 bits per heavy atom. The number of aromatic nitrogens is 1. The predicted molar refractivity (Wildman–Crippen MR) is 130 cm³/mol. The second kappa shape index (κ2) is 8.21. The number of imide groups is 1. The molecule has 3 heterocycles. The summed E-state index contributed by atoms with van der Waals surface area (Å²) < 4.78 is 11.7. The van der Waals surface area contributed by atoms with Gasteiger partial charge in [0.2, 0.25) is 6.79 Å². The van der Waals surface area contributed by atoms with Gasteiger partial charge in [0.25, 0.3) is 17.7 Å². The highest BCUT2D eigenvalue weighted by Crippen LogP contribution is 2.34. The number of ether oxygens (including phenoxy) is 2. The van der Waals surface area contributed by atoms with Crippen LogP contribution in [0.4, 0.5) is 5.13 Å². The van der Waals surface area contributed by atoms with Crippen molar-refractivity contribution in [3.63, 3.8) is 0 Å². The molecule has 3 amide bonds. The monoisotopic (exact) mass is 485 g/mol. The Kier molecular flexibility index (Phi) is 5.00. The number of amides is 3. The van der Waals surface area contributed by atoms with E-state index in [1.807, 2.05) is 12.1 Å². The smallest absolute Gasteiger partial charge is 0.261 e. The summed E-state index contributed by atoms with van der Waals surface area (Å²) in [5.74, 6) is -0.0153. The first-order valence-corrected chi connectivity index (χ1v) is 11.9. The third-order valence-corrected chi connectivity index (χ3v) is 7.03. The van der Waals surface area contributed by atoms with Gasteiger partial charge in [0.05, 0.1) is 27.9 Å². The number of hydrogen-bond donors (Lipinski definition) is 1. The average Bonchev–Trinajstić information content (AvgIpc) is 3.56. The topological polar surface area (TPSA) is 97.8 Å². The molecule has 0 spiro atoms. The lowest BCUT2D eigenvalue weighted by atomic mass is 10.1. The molecule has 2 aliphatic heterocycles. The number of rotatable bonds is 5. The van der Waals surface area contributed by atoms with Crippen molar-refractivity contribution in [1.82, 2.24) is 9.88 Å². The Labute approximate surface area is 204 Å². The minimum atomic E-state index is -0.440. The fourth-order valence-electron chi connectivity index (χ4n) is 4.21. The molecule has 9 heteroatoms. The number of nitrogens with one attached hydrogen (secondary N) is 1. The zero-order valence-corrected chi connectivity index (χ0v) is 19.5. The summed E-state index contributed by atoms with van der Waals surface area (Å²) in [6.07, 6.45) is 0.920. The Morgan fingerprint density at radius 2 is 1.77 bits per heavy atom. The maximum absolute atomic E-state index is 13.1. The van der Waals surface area contributed by atoms with Crippen molar-refractivity contribution < 1.29 is 23.9 Å². The second-order valence-corrected chi connectivity index (χ2v) is 9.30. The lowest BCUT2D eigenvalue weighted by Gasteiger charge is -2.14. The highest BCUT2D eigenvalue weighted by Gasteiger charge is 2.36. The summed E-state index contributed by atoms with van der Waals surface area (Å²) in [5, 5.41) is 3.29. The van der Waals surface area contributed by atoms with Crippen LogP contribution in [0.3, 0.4) is 0 Å². The third kappa shape index (κ3) is 3.70. The van der Waals surface area contributed by atoms with E-state index in [-0.39, 0.29) is 30.0 Å². The standard InChI is InChI=1S/C26H19N3O5S/c1-2-14-3-7-19-22(10-14)35-26(27-19)28-23(30)16-5-6-17-18(11-16)25(32)29(24(17)31)12-15-4-8-20-21(9-15)34-13-33-20/h3-11H,2,12-13H2,1H3,(H,27,28,30). The molecule has 0 saturated carbocycles. The van der Waals surface area contributed by atoms with Gasteiger partial charge in [-0.15, -0.1) is 0 Å². The number of carbonyl (C=O) groups excluding carboxylic acids is 3. The van der Waals surface area contributed by atoms with Crippen molar-refractivity contribution in [3.8, 4) is 11.5 Å². The predicted octanol–water partition coefficient (Wildman–Crippen LogP) is 4.64. The normalized spacial score (nSPS) is 14.0. The van der Waals surface area contributed by atoms with Gasteiger partial charge in [-0.3, -0.25) is 24.6 Å². The molecule has 0 unspecified atom stereocenters. The molecule has 0 aliphatic carbocycles. The van der Waals surface area contributed by atoms with Crippen LogP contribution < -0.4 is 14.8 Å². The zero-order chi connectivity index (χ0) is 24.1. The molecule has 1 N–H and O–H groups in total. The molecular weight excluding hydrogens is 466 g/mol. The molecule has 3 aromatic carbocycles. The quantitative estimate of drug-likeness (QED) is 0.414. The van der Waals surface area contributed by atoms with E-state index in [2.05, 4.69) is 23.3 Å². The Balaban J connectivity index is 1.21. The van der Waals surface area contributed by atoms with Crippen molar-refractivity contribution in [2.24, 2.45) is 0 Å². The first-order chi connectivity index (χ1) is 17.0. The number of anilines is 1. The minimum absolute atomic E-state index is 0.0932. The van der Waals surface area contributed by atoms with Gasteiger partial charge in [0.15, 0.2) is 16.6 Å². The molecule has 6 rings (SSSR count). The fourth-order valence-corrected chi connectivity index (χ4v) is 5.13. The van der Waals surface area contributed by atoms with Crippen LogP contribution in [0.1, 0.15) is 49.1 Å². The SMILES string of the molecule is CCc1ccc2nc(NC(=O)c3ccc4c(c3)C(=O)N(Cc3ccc5c(c3)OCO5)C4=O)sc2c1. The van der Waals surface area contributed by atoms with E-state index in [4.69, 9.17) is 9.47 Å². The first kappa shape index (κ1) is 21.3. The van der Waals surface area contributed by atoms with Gasteiger partial charge in [0, 0.05) is 5.56 Å². The molecule has 174 valence electrons. The largest absolute Gasteiger partial charge is 0.454 e. The summed E-state index contributed by atoms with van der Waals surface area (Å²) in [4.78, 5) is 44.5. The van der Waals surface area contributed by atoms with Gasteiger partial charge in [-0.2, -0.15) is 0 Å². The van der Waals surface area contributed by atoms with Crippen LogP contribution in [-0.2, 0) is 13.0 Å². The van der Waals surface area contributed by atoms with Gasteiger partial charge in [-0.25, -0.2) is 4.98 Å². The van der Waals surface area contributed by atoms with E-state index in [1.54, 1.807) is 24.3 Å². The van der Waals surface area contributed by atoms with Crippen LogP contribution >= 0.6 is 11.3 Å². The molecule has 0 radical (unpaired) electrons. The summed E-state index contributed by atoms with van der Waals surface area (Å²) >= 11 is 1.39. The van der Waals surface area contributed by atoms with Crippen molar-refractivity contribution in [2.45, 2.75) is 19.9 Å². The number of nitrogens with zero attached hydrogens (tertiary/aromatic N) is 2. The molecule has 35 heavy (non-hydrogen) atoms. The van der Waals surface area contributed by atoms with E-state index in [1.165, 1.54) is 33.9 Å². The van der Waals surface area contributed by atoms with E-state index < -0.39 is 17.7 Å².